The second-order valence-corrected chi connectivity index (χ2v) is 4.13. The maximum atomic E-state index is 13.1. The molecule has 0 aromatic rings. The molecule has 1 rings (SSSR count). The summed E-state index contributed by atoms with van der Waals surface area (Å²) in [6, 6.07) is -1.71. The monoisotopic (exact) mass is 259 g/mol. The van der Waals surface area contributed by atoms with Crippen LogP contribution in [-0.4, -0.2) is 36.0 Å². The van der Waals surface area contributed by atoms with Crippen molar-refractivity contribution >= 4 is 5.78 Å². The number of carbonyl (C=O) groups is 1. The minimum atomic E-state index is -4.39. The molecular formula is C13H16F3NO. The van der Waals surface area contributed by atoms with E-state index in [-0.39, 0.29) is 37.3 Å². The van der Waals surface area contributed by atoms with E-state index in [1.54, 1.807) is 0 Å². The first kappa shape index (κ1) is 14.7. The van der Waals surface area contributed by atoms with Crippen molar-refractivity contribution in [3.05, 3.63) is 37.0 Å². The third kappa shape index (κ3) is 3.57. The standard InChI is InChI=1S/C13H16F3NO/c1-3-5-10(4-2)12(13(14,15)16)17-8-6-11(18)7-9-17/h3-5,12H,1-2,6-9H2/b10-5+. The Morgan fingerprint density at radius 3 is 2.22 bits per heavy atom. The Labute approximate surface area is 104 Å². The van der Waals surface area contributed by atoms with Gasteiger partial charge >= 0.3 is 6.18 Å². The maximum Gasteiger partial charge on any atom is 0.408 e. The predicted octanol–water partition coefficient (Wildman–Crippen LogP) is 2.88. The third-order valence-electron chi connectivity index (χ3n) is 2.89. The molecule has 5 heteroatoms. The zero-order valence-electron chi connectivity index (χ0n) is 10.0. The summed E-state index contributed by atoms with van der Waals surface area (Å²) in [5, 5.41) is 0. The Bertz CT molecular complexity index is 361. The first-order valence-corrected chi connectivity index (χ1v) is 5.67. The van der Waals surface area contributed by atoms with Gasteiger partial charge in [-0.05, 0) is 5.57 Å². The van der Waals surface area contributed by atoms with Gasteiger partial charge in [0.2, 0.25) is 0 Å². The average Bonchev–Trinajstić information content (AvgIpc) is 2.29. The van der Waals surface area contributed by atoms with Crippen LogP contribution in [0.2, 0.25) is 0 Å². The summed E-state index contributed by atoms with van der Waals surface area (Å²) in [5.41, 5.74) is 0.0619. The lowest BCUT2D eigenvalue weighted by atomic mass is 10.0. The second-order valence-electron chi connectivity index (χ2n) is 4.13. The van der Waals surface area contributed by atoms with Crippen LogP contribution in [0.25, 0.3) is 0 Å². The molecule has 1 atom stereocenters. The van der Waals surface area contributed by atoms with Crippen molar-refractivity contribution in [1.29, 1.82) is 0 Å². The lowest BCUT2D eigenvalue weighted by Crippen LogP contribution is -2.50. The van der Waals surface area contributed by atoms with Gasteiger partial charge < -0.3 is 0 Å². The number of hydrogen-bond donors (Lipinski definition) is 0. The third-order valence-corrected chi connectivity index (χ3v) is 2.89. The molecule has 1 saturated heterocycles. The minimum absolute atomic E-state index is 0.0139. The number of alkyl halides is 3. The van der Waals surface area contributed by atoms with Gasteiger partial charge in [-0.3, -0.25) is 9.69 Å². The Morgan fingerprint density at radius 2 is 1.83 bits per heavy atom. The highest BCUT2D eigenvalue weighted by molar-refractivity contribution is 5.79. The summed E-state index contributed by atoms with van der Waals surface area (Å²) in [6.07, 6.45) is -0.234. The number of nitrogens with zero attached hydrogens (tertiary/aromatic N) is 1. The zero-order valence-corrected chi connectivity index (χ0v) is 10.0. The smallest absolute Gasteiger partial charge is 0.300 e. The van der Waals surface area contributed by atoms with E-state index in [2.05, 4.69) is 13.2 Å². The SMILES string of the molecule is C=C/C=C(\C=C)C(N1CCC(=O)CC1)C(F)(F)F. The van der Waals surface area contributed by atoms with Crippen molar-refractivity contribution in [3.63, 3.8) is 0 Å². The normalized spacial score (nSPS) is 20.6. The van der Waals surface area contributed by atoms with E-state index in [0.29, 0.717) is 0 Å². The number of halogens is 3. The zero-order chi connectivity index (χ0) is 13.8. The van der Waals surface area contributed by atoms with Gasteiger partial charge in [-0.1, -0.05) is 31.4 Å². The fourth-order valence-electron chi connectivity index (χ4n) is 2.05. The van der Waals surface area contributed by atoms with Crippen LogP contribution in [0.5, 0.6) is 0 Å². The number of piperidine rings is 1. The van der Waals surface area contributed by atoms with Gasteiger partial charge in [-0.2, -0.15) is 13.2 Å². The molecular weight excluding hydrogens is 243 g/mol. The molecule has 2 nitrogen and oxygen atoms in total. The lowest BCUT2D eigenvalue weighted by Gasteiger charge is -2.35. The van der Waals surface area contributed by atoms with Gasteiger partial charge in [0.15, 0.2) is 0 Å². The van der Waals surface area contributed by atoms with Gasteiger partial charge in [-0.15, -0.1) is 0 Å². The van der Waals surface area contributed by atoms with Crippen LogP contribution in [0.15, 0.2) is 37.0 Å². The molecule has 100 valence electrons. The molecule has 0 aliphatic carbocycles. The quantitative estimate of drug-likeness (QED) is 0.723. The largest absolute Gasteiger partial charge is 0.408 e. The molecule has 1 heterocycles. The molecule has 1 aliphatic rings. The first-order valence-electron chi connectivity index (χ1n) is 5.67. The van der Waals surface area contributed by atoms with Crippen molar-refractivity contribution in [2.75, 3.05) is 13.1 Å². The Hall–Kier alpha value is -1.36. The number of Topliss-reactive ketones (excluding diaryl/α,β-unsaturated/α-hetero) is 1. The van der Waals surface area contributed by atoms with Crippen LogP contribution in [0.3, 0.4) is 0 Å². The molecule has 1 aliphatic heterocycles. The number of likely N-dealkylation sites (tertiary alicyclic amines) is 1. The second kappa shape index (κ2) is 6.00. The fraction of sp³-hybridized carbons (Fsp3) is 0.462. The van der Waals surface area contributed by atoms with Gasteiger partial charge in [-0.25, -0.2) is 0 Å². The summed E-state index contributed by atoms with van der Waals surface area (Å²) in [5.74, 6) is 0.0139. The van der Waals surface area contributed by atoms with Crippen LogP contribution in [0.4, 0.5) is 13.2 Å². The highest BCUT2D eigenvalue weighted by Crippen LogP contribution is 2.32. The molecule has 0 N–H and O–H groups in total. The summed E-state index contributed by atoms with van der Waals surface area (Å²) in [7, 11) is 0. The topological polar surface area (TPSA) is 20.3 Å². The highest BCUT2D eigenvalue weighted by Gasteiger charge is 2.45. The maximum absolute atomic E-state index is 13.1. The number of carbonyl (C=O) groups excluding carboxylic acids is 1. The van der Waals surface area contributed by atoms with E-state index < -0.39 is 12.2 Å². The average molecular weight is 259 g/mol. The molecule has 1 fully saturated rings. The van der Waals surface area contributed by atoms with Crippen molar-refractivity contribution in [3.8, 4) is 0 Å². The van der Waals surface area contributed by atoms with Crippen molar-refractivity contribution < 1.29 is 18.0 Å². The predicted molar refractivity (Wildman–Crippen MR) is 64.1 cm³/mol. The summed E-state index contributed by atoms with van der Waals surface area (Å²) in [6.45, 7) is 7.08. The van der Waals surface area contributed by atoms with Crippen molar-refractivity contribution in [2.45, 2.75) is 25.1 Å². The lowest BCUT2D eigenvalue weighted by molar-refractivity contribution is -0.175. The van der Waals surface area contributed by atoms with E-state index in [9.17, 15) is 18.0 Å². The van der Waals surface area contributed by atoms with Gasteiger partial charge in [0.05, 0.1) is 0 Å². The van der Waals surface area contributed by atoms with E-state index in [1.807, 2.05) is 0 Å². The van der Waals surface area contributed by atoms with Crippen LogP contribution in [0, 0.1) is 0 Å². The Kier molecular flexibility index (Phi) is 4.90. The van der Waals surface area contributed by atoms with E-state index in [1.165, 1.54) is 23.1 Å². The summed E-state index contributed by atoms with van der Waals surface area (Å²) >= 11 is 0. The molecule has 18 heavy (non-hydrogen) atoms. The molecule has 0 amide bonds. The summed E-state index contributed by atoms with van der Waals surface area (Å²) < 4.78 is 39.3. The van der Waals surface area contributed by atoms with Gasteiger partial charge in [0.25, 0.3) is 0 Å². The van der Waals surface area contributed by atoms with E-state index in [4.69, 9.17) is 0 Å². The Balaban J connectivity index is 2.98. The molecule has 0 radical (unpaired) electrons. The van der Waals surface area contributed by atoms with Crippen LogP contribution in [-0.2, 0) is 4.79 Å². The minimum Gasteiger partial charge on any atom is -0.300 e. The highest BCUT2D eigenvalue weighted by atomic mass is 19.4. The van der Waals surface area contributed by atoms with Crippen LogP contribution < -0.4 is 0 Å². The molecule has 0 bridgehead atoms. The molecule has 0 aromatic carbocycles. The van der Waals surface area contributed by atoms with Crippen LogP contribution in [0.1, 0.15) is 12.8 Å². The van der Waals surface area contributed by atoms with E-state index in [0.717, 1.165) is 0 Å². The van der Waals surface area contributed by atoms with E-state index >= 15 is 0 Å². The number of rotatable bonds is 4. The number of hydrogen-bond acceptors (Lipinski definition) is 2. The van der Waals surface area contributed by atoms with Crippen LogP contribution >= 0.6 is 0 Å². The molecule has 0 spiro atoms. The van der Waals surface area contributed by atoms with Crippen molar-refractivity contribution in [1.82, 2.24) is 4.90 Å². The molecule has 0 aromatic heterocycles. The fourth-order valence-corrected chi connectivity index (χ4v) is 2.05. The number of ketones is 1. The Morgan fingerprint density at radius 1 is 1.28 bits per heavy atom. The van der Waals surface area contributed by atoms with Gasteiger partial charge in [0.1, 0.15) is 11.8 Å². The summed E-state index contributed by atoms with van der Waals surface area (Å²) in [4.78, 5) is 12.4. The van der Waals surface area contributed by atoms with Crippen molar-refractivity contribution in [2.24, 2.45) is 0 Å². The molecule has 0 saturated carbocycles. The first-order chi connectivity index (χ1) is 8.40. The number of allylic oxidation sites excluding steroid dienone is 2. The molecule has 1 unspecified atom stereocenters. The van der Waals surface area contributed by atoms with Gasteiger partial charge in [0, 0.05) is 25.9 Å².